The summed E-state index contributed by atoms with van der Waals surface area (Å²) in [6, 6.07) is 0. The Morgan fingerprint density at radius 1 is 1.41 bits per heavy atom. The van der Waals surface area contributed by atoms with Crippen molar-refractivity contribution in [1.82, 2.24) is 9.88 Å². The zero-order valence-corrected chi connectivity index (χ0v) is 21.4. The molecule has 0 radical (unpaired) electrons. The van der Waals surface area contributed by atoms with Crippen molar-refractivity contribution < 1.29 is 29.2 Å². The molecule has 4 N–H and O–H groups in total. The molecule has 9 nitrogen and oxygen atoms in total. The first-order chi connectivity index (χ1) is 17.5. The summed E-state index contributed by atoms with van der Waals surface area (Å²) < 4.78 is 19.5. The van der Waals surface area contributed by atoms with Crippen LogP contribution in [0.25, 0.3) is 12.0 Å². The van der Waals surface area contributed by atoms with Gasteiger partial charge in [0.05, 0.1) is 30.3 Å². The molecule has 0 spiro atoms. The van der Waals surface area contributed by atoms with E-state index in [1.807, 2.05) is 6.92 Å². The van der Waals surface area contributed by atoms with Gasteiger partial charge in [-0.25, -0.2) is 4.39 Å². The number of aromatic hydroxyl groups is 1. The van der Waals surface area contributed by atoms with Crippen molar-refractivity contribution in [3.8, 4) is 5.75 Å². The average molecular weight is 516 g/mol. The topological polar surface area (TPSA) is 133 Å². The monoisotopic (exact) mass is 515 g/mol. The van der Waals surface area contributed by atoms with Crippen molar-refractivity contribution in [3.05, 3.63) is 69.7 Å². The van der Waals surface area contributed by atoms with E-state index in [9.17, 15) is 29.3 Å². The number of pyridine rings is 1. The number of hydrogen-bond acceptors (Lipinski definition) is 7. The van der Waals surface area contributed by atoms with E-state index in [1.54, 1.807) is 13.8 Å². The molecule has 10 heteroatoms. The summed E-state index contributed by atoms with van der Waals surface area (Å²) in [7, 11) is 0. The lowest BCUT2D eigenvalue weighted by Gasteiger charge is -2.27. The number of fused-ring (bicyclic) bond motifs is 1. The SMILES string of the molecule is C=C/C(=C\C=C\F)C/C(C)=C1\OC(C(=O)NCC(C)(O)CCCC)=Cn2c1c(N=C)c(O)c(CO)c2=O. The van der Waals surface area contributed by atoms with Crippen LogP contribution in [0.15, 0.2) is 57.8 Å². The summed E-state index contributed by atoms with van der Waals surface area (Å²) in [5, 5.41) is 33.4. The van der Waals surface area contributed by atoms with Gasteiger partial charge in [0, 0.05) is 6.54 Å². The fraction of sp³-hybridized carbons (Fsp3) is 0.370. The maximum absolute atomic E-state index is 13.1. The normalized spacial score (nSPS) is 16.4. The molecule has 0 fully saturated rings. The third-order valence-corrected chi connectivity index (χ3v) is 5.87. The summed E-state index contributed by atoms with van der Waals surface area (Å²) >= 11 is 0. The lowest BCUT2D eigenvalue weighted by atomic mass is 9.99. The number of allylic oxidation sites excluding steroid dienone is 5. The molecular formula is C27H34FN3O6. The standard InChI is InChI=1S/C27H34FN3O6/c1-6-8-11-27(4,36)16-30-25(34)20-14-31-22(21(29-5)23(33)19(15-32)26(31)35)24(37-20)17(3)13-18(7-2)10-9-12-28/h7,9-10,12,14,32-33,36H,2,5-6,8,11,13,15-16H2,1,3-4H3,(H,30,34)/b12-9+,18-10+,24-17-. The minimum absolute atomic E-state index is 0.0307. The first-order valence-corrected chi connectivity index (χ1v) is 11.8. The minimum Gasteiger partial charge on any atom is -0.505 e. The van der Waals surface area contributed by atoms with E-state index < -0.39 is 29.4 Å². The van der Waals surface area contributed by atoms with Gasteiger partial charge in [-0.2, -0.15) is 0 Å². The van der Waals surface area contributed by atoms with Gasteiger partial charge < -0.3 is 25.4 Å². The number of aliphatic hydroxyl groups excluding tert-OH is 1. The molecule has 1 aliphatic heterocycles. The van der Waals surface area contributed by atoms with Crippen LogP contribution in [0.5, 0.6) is 5.75 Å². The van der Waals surface area contributed by atoms with Gasteiger partial charge in [-0.05, 0) is 50.6 Å². The van der Waals surface area contributed by atoms with Gasteiger partial charge in [0.2, 0.25) is 5.76 Å². The molecule has 2 heterocycles. The maximum Gasteiger partial charge on any atom is 0.288 e. The second kappa shape index (κ2) is 13.0. The molecule has 37 heavy (non-hydrogen) atoms. The van der Waals surface area contributed by atoms with Gasteiger partial charge in [-0.15, -0.1) is 0 Å². The highest BCUT2D eigenvalue weighted by Crippen LogP contribution is 2.41. The van der Waals surface area contributed by atoms with Crippen LogP contribution in [-0.2, 0) is 16.1 Å². The van der Waals surface area contributed by atoms with Gasteiger partial charge in [0.1, 0.15) is 11.4 Å². The van der Waals surface area contributed by atoms with E-state index in [-0.39, 0.29) is 41.4 Å². The Labute approximate surface area is 215 Å². The van der Waals surface area contributed by atoms with Gasteiger partial charge in [-0.3, -0.25) is 19.1 Å². The summed E-state index contributed by atoms with van der Waals surface area (Å²) in [6.07, 6.45) is 8.03. The first kappa shape index (κ1) is 29.5. The summed E-state index contributed by atoms with van der Waals surface area (Å²) in [5.41, 5.74) is -1.24. The fourth-order valence-electron chi connectivity index (χ4n) is 3.80. The van der Waals surface area contributed by atoms with Crippen molar-refractivity contribution in [2.45, 2.75) is 58.7 Å². The van der Waals surface area contributed by atoms with Crippen molar-refractivity contribution in [3.63, 3.8) is 0 Å². The summed E-state index contributed by atoms with van der Waals surface area (Å²) in [5.74, 6) is -1.46. The average Bonchev–Trinajstić information content (AvgIpc) is 2.88. The van der Waals surface area contributed by atoms with Crippen LogP contribution in [-0.4, -0.2) is 44.7 Å². The lowest BCUT2D eigenvalue weighted by Crippen LogP contribution is -2.42. The predicted octanol–water partition coefficient (Wildman–Crippen LogP) is 3.98. The largest absolute Gasteiger partial charge is 0.505 e. The molecule has 0 saturated heterocycles. The minimum atomic E-state index is -1.15. The maximum atomic E-state index is 13.1. The van der Waals surface area contributed by atoms with Crippen LogP contribution in [0.4, 0.5) is 10.1 Å². The molecule has 0 bridgehead atoms. The van der Waals surface area contributed by atoms with E-state index in [0.717, 1.165) is 23.6 Å². The number of aliphatic imine (C=N–C) groups is 1. The van der Waals surface area contributed by atoms with E-state index >= 15 is 0 Å². The second-order valence-corrected chi connectivity index (χ2v) is 8.94. The summed E-state index contributed by atoms with van der Waals surface area (Å²) in [6.45, 7) is 11.6. The highest BCUT2D eigenvalue weighted by molar-refractivity contribution is 5.97. The van der Waals surface area contributed by atoms with Crippen molar-refractivity contribution in [2.75, 3.05) is 6.54 Å². The number of nitrogens with one attached hydrogen (secondary N) is 1. The lowest BCUT2D eigenvalue weighted by molar-refractivity contribution is -0.121. The van der Waals surface area contributed by atoms with Gasteiger partial charge in [-0.1, -0.05) is 38.5 Å². The number of carbonyl (C=O) groups excluding carboxylic acids is 1. The molecule has 1 aromatic heterocycles. The molecule has 2 rings (SSSR count). The van der Waals surface area contributed by atoms with Crippen LogP contribution in [0.1, 0.15) is 57.7 Å². The van der Waals surface area contributed by atoms with Gasteiger partial charge in [0.15, 0.2) is 11.5 Å². The zero-order chi connectivity index (χ0) is 27.8. The number of ether oxygens (including phenoxy) is 1. The number of halogens is 1. The number of rotatable bonds is 12. The van der Waals surface area contributed by atoms with E-state index in [0.29, 0.717) is 23.9 Å². The molecule has 1 unspecified atom stereocenters. The molecule has 0 aromatic carbocycles. The number of hydrogen-bond donors (Lipinski definition) is 4. The Bertz CT molecular complexity index is 1240. The number of carbonyl (C=O) groups is 1. The van der Waals surface area contributed by atoms with E-state index in [2.05, 4.69) is 23.6 Å². The number of aromatic nitrogens is 1. The van der Waals surface area contributed by atoms with E-state index in [4.69, 9.17) is 4.74 Å². The van der Waals surface area contributed by atoms with Gasteiger partial charge in [0.25, 0.3) is 11.5 Å². The Morgan fingerprint density at radius 3 is 2.68 bits per heavy atom. The quantitative estimate of drug-likeness (QED) is 0.246. The van der Waals surface area contributed by atoms with Crippen LogP contribution < -0.4 is 10.9 Å². The zero-order valence-electron chi connectivity index (χ0n) is 21.4. The number of unbranched alkanes of at least 4 members (excludes halogenated alkanes) is 1. The number of amides is 1. The molecule has 1 amide bonds. The van der Waals surface area contributed by atoms with E-state index in [1.165, 1.54) is 18.2 Å². The van der Waals surface area contributed by atoms with Crippen LogP contribution in [0, 0.1) is 0 Å². The predicted molar refractivity (Wildman–Crippen MR) is 142 cm³/mol. The summed E-state index contributed by atoms with van der Waals surface area (Å²) in [4.78, 5) is 30.0. The first-order valence-electron chi connectivity index (χ1n) is 11.8. The Hall–Kier alpha value is -3.76. The van der Waals surface area contributed by atoms with Crippen molar-refractivity contribution in [2.24, 2.45) is 4.99 Å². The van der Waals surface area contributed by atoms with Crippen molar-refractivity contribution >= 4 is 30.3 Å². The highest BCUT2D eigenvalue weighted by Gasteiger charge is 2.31. The van der Waals surface area contributed by atoms with Crippen LogP contribution in [0.2, 0.25) is 0 Å². The smallest absolute Gasteiger partial charge is 0.288 e. The third kappa shape index (κ3) is 6.93. The molecule has 1 aliphatic rings. The van der Waals surface area contributed by atoms with Crippen LogP contribution in [0.3, 0.4) is 0 Å². The third-order valence-electron chi connectivity index (χ3n) is 5.87. The number of nitrogens with zero attached hydrogens (tertiary/aromatic N) is 2. The second-order valence-electron chi connectivity index (χ2n) is 8.94. The fourth-order valence-corrected chi connectivity index (χ4v) is 3.80. The van der Waals surface area contributed by atoms with Gasteiger partial charge >= 0.3 is 0 Å². The molecule has 1 atom stereocenters. The van der Waals surface area contributed by atoms with Crippen molar-refractivity contribution in [1.29, 1.82) is 0 Å². The molecule has 0 saturated carbocycles. The Balaban J connectivity index is 2.67. The highest BCUT2D eigenvalue weighted by atomic mass is 19.1. The molecule has 1 aromatic rings. The molecular weight excluding hydrogens is 481 g/mol. The number of aliphatic hydroxyl groups is 2. The molecule has 200 valence electrons. The van der Waals surface area contributed by atoms with Crippen LogP contribution >= 0.6 is 0 Å². The molecule has 0 aliphatic carbocycles. The Morgan fingerprint density at radius 2 is 2.11 bits per heavy atom. The Kier molecular flexibility index (Phi) is 10.3.